The van der Waals surface area contributed by atoms with Gasteiger partial charge in [0.25, 0.3) is 0 Å². The first-order valence-electron chi connectivity index (χ1n) is 11.8. The van der Waals surface area contributed by atoms with Crippen molar-refractivity contribution in [1.82, 2.24) is 5.43 Å². The van der Waals surface area contributed by atoms with Crippen LogP contribution in [0.3, 0.4) is 0 Å². The second kappa shape index (κ2) is 18.7. The van der Waals surface area contributed by atoms with Crippen molar-refractivity contribution >= 4 is 23.7 Å². The molecule has 4 heteroatoms. The molecule has 1 aromatic rings. The predicted molar refractivity (Wildman–Crippen MR) is 127 cm³/mol. The van der Waals surface area contributed by atoms with Crippen LogP contribution in [0.5, 0.6) is 0 Å². The van der Waals surface area contributed by atoms with E-state index in [2.05, 4.69) is 17.5 Å². The molecule has 0 bridgehead atoms. The summed E-state index contributed by atoms with van der Waals surface area (Å²) in [6.07, 6.45) is 22.1. The number of unbranched alkanes of at least 4 members (excludes halogenated alkanes) is 14. The molecule has 29 heavy (non-hydrogen) atoms. The highest BCUT2D eigenvalue weighted by Gasteiger charge is 2.00. The van der Waals surface area contributed by atoms with E-state index in [1.54, 1.807) is 12.3 Å². The molecule has 164 valence electrons. The van der Waals surface area contributed by atoms with Gasteiger partial charge in [0, 0.05) is 17.0 Å². The van der Waals surface area contributed by atoms with Gasteiger partial charge >= 0.3 is 0 Å². The lowest BCUT2D eigenvalue weighted by Gasteiger charge is -2.03. The number of carbonyl (C=O) groups is 1. The third-order valence-electron chi connectivity index (χ3n) is 5.31. The summed E-state index contributed by atoms with van der Waals surface area (Å²) in [5.41, 5.74) is 3.39. The van der Waals surface area contributed by atoms with E-state index in [0.29, 0.717) is 11.4 Å². The number of rotatable bonds is 18. The normalized spacial score (nSPS) is 11.2. The van der Waals surface area contributed by atoms with Crippen LogP contribution >= 0.6 is 11.6 Å². The molecule has 0 aromatic heterocycles. The molecular weight excluding hydrogens is 380 g/mol. The fourth-order valence-corrected chi connectivity index (χ4v) is 3.65. The van der Waals surface area contributed by atoms with Crippen molar-refractivity contribution in [3.05, 3.63) is 34.9 Å². The van der Waals surface area contributed by atoms with E-state index < -0.39 is 0 Å². The van der Waals surface area contributed by atoms with Crippen LogP contribution in [0.1, 0.15) is 115 Å². The molecule has 1 N–H and O–H groups in total. The summed E-state index contributed by atoms with van der Waals surface area (Å²) in [7, 11) is 0. The van der Waals surface area contributed by atoms with E-state index in [9.17, 15) is 4.79 Å². The average molecular weight is 421 g/mol. The lowest BCUT2D eigenvalue weighted by atomic mass is 10.0. The van der Waals surface area contributed by atoms with Gasteiger partial charge in [0.05, 0.1) is 6.21 Å². The number of benzene rings is 1. The summed E-state index contributed by atoms with van der Waals surface area (Å²) in [6.45, 7) is 2.27. The Labute approximate surface area is 183 Å². The maximum absolute atomic E-state index is 11.8. The third kappa shape index (κ3) is 15.2. The molecular formula is C25H41ClN2O. The van der Waals surface area contributed by atoms with Gasteiger partial charge in [-0.05, 0) is 12.5 Å². The zero-order chi connectivity index (χ0) is 21.0. The summed E-state index contributed by atoms with van der Waals surface area (Å²) in [5.74, 6) is -0.0250. The Morgan fingerprint density at radius 2 is 1.31 bits per heavy atom. The van der Waals surface area contributed by atoms with E-state index in [0.717, 1.165) is 18.4 Å². The largest absolute Gasteiger partial charge is 0.273 e. The molecule has 0 spiro atoms. The molecule has 1 aromatic carbocycles. The van der Waals surface area contributed by atoms with Crippen LogP contribution in [-0.2, 0) is 4.79 Å². The number of carbonyl (C=O) groups excluding carboxylic acids is 1. The van der Waals surface area contributed by atoms with Gasteiger partial charge in [-0.3, -0.25) is 4.79 Å². The Kier molecular flexibility index (Phi) is 16.5. The lowest BCUT2D eigenvalue weighted by Crippen LogP contribution is -2.16. The van der Waals surface area contributed by atoms with E-state index in [1.165, 1.54) is 83.5 Å². The first kappa shape index (κ1) is 25.7. The standard InChI is InChI=1S/C25H41ClN2O/c1-2-3-4-5-6-7-8-9-10-11-12-13-14-15-16-21-25(29)28-27-22-23-19-17-18-20-24(23)26/h17-20,22H,2-16,21H2,1H3,(H,28,29)/b27-22+. The fourth-order valence-electron chi connectivity index (χ4n) is 3.47. The number of amides is 1. The molecule has 0 fully saturated rings. The van der Waals surface area contributed by atoms with Gasteiger partial charge in [-0.2, -0.15) is 5.10 Å². The highest BCUT2D eigenvalue weighted by atomic mass is 35.5. The molecule has 3 nitrogen and oxygen atoms in total. The minimum absolute atomic E-state index is 0.0250. The van der Waals surface area contributed by atoms with E-state index in [4.69, 9.17) is 11.6 Å². The zero-order valence-corrected chi connectivity index (χ0v) is 19.2. The van der Waals surface area contributed by atoms with Crippen molar-refractivity contribution in [3.8, 4) is 0 Å². The van der Waals surface area contributed by atoms with Crippen LogP contribution in [0.15, 0.2) is 29.4 Å². The highest BCUT2D eigenvalue weighted by molar-refractivity contribution is 6.33. The van der Waals surface area contributed by atoms with Crippen LogP contribution in [0.2, 0.25) is 5.02 Å². The Morgan fingerprint density at radius 1 is 0.828 bits per heavy atom. The maximum Gasteiger partial charge on any atom is 0.240 e. The second-order valence-corrected chi connectivity index (χ2v) is 8.42. The number of hydrogen-bond acceptors (Lipinski definition) is 2. The van der Waals surface area contributed by atoms with Gasteiger partial charge in [0.2, 0.25) is 5.91 Å². The Hall–Kier alpha value is -1.35. The third-order valence-corrected chi connectivity index (χ3v) is 5.65. The number of halogens is 1. The van der Waals surface area contributed by atoms with Crippen molar-refractivity contribution < 1.29 is 4.79 Å². The quantitative estimate of drug-likeness (QED) is 0.145. The van der Waals surface area contributed by atoms with Gasteiger partial charge < -0.3 is 0 Å². The van der Waals surface area contributed by atoms with Gasteiger partial charge in [-0.25, -0.2) is 5.43 Å². The monoisotopic (exact) mass is 420 g/mol. The van der Waals surface area contributed by atoms with Crippen LogP contribution in [0, 0.1) is 0 Å². The van der Waals surface area contributed by atoms with Crippen molar-refractivity contribution in [3.63, 3.8) is 0 Å². The zero-order valence-electron chi connectivity index (χ0n) is 18.4. The Balaban J connectivity index is 1.85. The molecule has 0 heterocycles. The van der Waals surface area contributed by atoms with E-state index >= 15 is 0 Å². The SMILES string of the molecule is CCCCCCCCCCCCCCCCCC(=O)N/N=C/c1ccccc1Cl. The molecule has 0 saturated carbocycles. The number of nitrogens with one attached hydrogen (secondary N) is 1. The molecule has 0 aliphatic heterocycles. The second-order valence-electron chi connectivity index (χ2n) is 8.01. The summed E-state index contributed by atoms with van der Waals surface area (Å²) in [6, 6.07) is 7.44. The molecule has 1 amide bonds. The topological polar surface area (TPSA) is 41.5 Å². The van der Waals surface area contributed by atoms with Gasteiger partial charge in [-0.1, -0.05) is 127 Å². The lowest BCUT2D eigenvalue weighted by molar-refractivity contribution is -0.121. The summed E-state index contributed by atoms with van der Waals surface area (Å²) in [5, 5.41) is 4.61. The molecule has 0 radical (unpaired) electrons. The first-order valence-corrected chi connectivity index (χ1v) is 12.2. The van der Waals surface area contributed by atoms with Crippen LogP contribution < -0.4 is 5.43 Å². The molecule has 0 aliphatic carbocycles. The summed E-state index contributed by atoms with van der Waals surface area (Å²) in [4.78, 5) is 11.8. The highest BCUT2D eigenvalue weighted by Crippen LogP contribution is 2.14. The van der Waals surface area contributed by atoms with Crippen LogP contribution in [0.25, 0.3) is 0 Å². The van der Waals surface area contributed by atoms with Crippen molar-refractivity contribution in [1.29, 1.82) is 0 Å². The summed E-state index contributed by atoms with van der Waals surface area (Å²) >= 11 is 6.04. The van der Waals surface area contributed by atoms with E-state index in [-0.39, 0.29) is 5.91 Å². The Morgan fingerprint density at radius 3 is 1.83 bits per heavy atom. The molecule has 0 unspecified atom stereocenters. The molecule has 1 rings (SSSR count). The van der Waals surface area contributed by atoms with Crippen LogP contribution in [-0.4, -0.2) is 12.1 Å². The summed E-state index contributed by atoms with van der Waals surface area (Å²) < 4.78 is 0. The van der Waals surface area contributed by atoms with Crippen molar-refractivity contribution in [2.75, 3.05) is 0 Å². The number of nitrogens with zero attached hydrogens (tertiary/aromatic N) is 1. The number of hydrogen-bond donors (Lipinski definition) is 1. The fraction of sp³-hybridized carbons (Fsp3) is 0.680. The average Bonchev–Trinajstić information content (AvgIpc) is 2.72. The predicted octanol–water partition coefficient (Wildman–Crippen LogP) is 8.05. The minimum atomic E-state index is -0.0250. The minimum Gasteiger partial charge on any atom is -0.273 e. The van der Waals surface area contributed by atoms with Gasteiger partial charge in [0.1, 0.15) is 0 Å². The first-order chi connectivity index (χ1) is 14.2. The van der Waals surface area contributed by atoms with Crippen molar-refractivity contribution in [2.24, 2.45) is 5.10 Å². The van der Waals surface area contributed by atoms with Gasteiger partial charge in [0.15, 0.2) is 0 Å². The Bertz CT molecular complexity index is 560. The molecule has 0 aliphatic rings. The molecule has 0 saturated heterocycles. The van der Waals surface area contributed by atoms with Crippen LogP contribution in [0.4, 0.5) is 0 Å². The number of hydrazone groups is 1. The van der Waals surface area contributed by atoms with E-state index in [1.807, 2.05) is 18.2 Å². The van der Waals surface area contributed by atoms with Gasteiger partial charge in [-0.15, -0.1) is 0 Å². The van der Waals surface area contributed by atoms with Crippen molar-refractivity contribution in [2.45, 2.75) is 110 Å². The smallest absolute Gasteiger partial charge is 0.240 e. The maximum atomic E-state index is 11.8. The molecule has 0 atom stereocenters.